The second-order valence-corrected chi connectivity index (χ2v) is 7.43. The molecule has 3 aromatic rings. The molecule has 1 atom stereocenters. The molecule has 1 amide bonds. The van der Waals surface area contributed by atoms with Crippen molar-refractivity contribution in [3.05, 3.63) is 64.4 Å². The molecular weight excluding hydrogens is 360 g/mol. The third-order valence-electron chi connectivity index (χ3n) is 5.18. The normalized spacial score (nSPS) is 17.4. The van der Waals surface area contributed by atoms with Crippen LogP contribution in [0.5, 0.6) is 0 Å². The number of imidazole rings is 1. The van der Waals surface area contributed by atoms with Gasteiger partial charge in [-0.3, -0.25) is 4.79 Å². The number of carbonyl (C=O) groups is 1. The van der Waals surface area contributed by atoms with Crippen molar-refractivity contribution in [3.63, 3.8) is 0 Å². The van der Waals surface area contributed by atoms with Gasteiger partial charge < -0.3 is 15.2 Å². The van der Waals surface area contributed by atoms with Crippen LogP contribution in [0.15, 0.2) is 42.5 Å². The lowest BCUT2D eigenvalue weighted by Gasteiger charge is -2.34. The third kappa shape index (κ3) is 3.84. The summed E-state index contributed by atoms with van der Waals surface area (Å²) in [5.74, 6) is 0.971. The van der Waals surface area contributed by atoms with Gasteiger partial charge in [-0.25, -0.2) is 4.98 Å². The van der Waals surface area contributed by atoms with E-state index >= 15 is 0 Å². The number of amides is 1. The van der Waals surface area contributed by atoms with E-state index in [1.165, 1.54) is 11.1 Å². The number of nitrogens with zero attached hydrogens (tertiary/aromatic N) is 2. The van der Waals surface area contributed by atoms with Crippen LogP contribution in [0.3, 0.4) is 0 Å². The maximum Gasteiger partial charge on any atom is 0.223 e. The van der Waals surface area contributed by atoms with Gasteiger partial charge in [0.2, 0.25) is 5.91 Å². The summed E-state index contributed by atoms with van der Waals surface area (Å²) in [4.78, 5) is 22.5. The van der Waals surface area contributed by atoms with Crippen molar-refractivity contribution in [2.24, 2.45) is 0 Å². The van der Waals surface area contributed by atoms with Crippen molar-refractivity contribution in [2.75, 3.05) is 19.6 Å². The molecule has 0 bridgehead atoms. The van der Waals surface area contributed by atoms with Crippen molar-refractivity contribution in [2.45, 2.75) is 25.8 Å². The molecule has 0 spiro atoms. The molecule has 140 valence electrons. The first kappa shape index (κ1) is 18.0. The highest BCUT2D eigenvalue weighted by Crippen LogP contribution is 2.23. The number of hydrogen-bond acceptors (Lipinski definition) is 3. The number of benzene rings is 2. The Hall–Kier alpha value is -2.37. The zero-order chi connectivity index (χ0) is 18.8. The molecule has 2 aromatic carbocycles. The minimum absolute atomic E-state index is 0.168. The van der Waals surface area contributed by atoms with Gasteiger partial charge in [0.15, 0.2) is 0 Å². The van der Waals surface area contributed by atoms with Crippen molar-refractivity contribution >= 4 is 28.5 Å². The molecule has 0 saturated carbocycles. The maximum atomic E-state index is 12.7. The van der Waals surface area contributed by atoms with Gasteiger partial charge in [-0.2, -0.15) is 0 Å². The highest BCUT2D eigenvalue weighted by Gasteiger charge is 2.25. The van der Waals surface area contributed by atoms with Crippen LogP contribution >= 0.6 is 11.6 Å². The van der Waals surface area contributed by atoms with Gasteiger partial charge in [-0.15, -0.1) is 0 Å². The van der Waals surface area contributed by atoms with Crippen molar-refractivity contribution in [3.8, 4) is 0 Å². The summed E-state index contributed by atoms with van der Waals surface area (Å²) in [6, 6.07) is 14.2. The van der Waals surface area contributed by atoms with Gasteiger partial charge in [0, 0.05) is 32.5 Å². The average Bonchev–Trinajstić information content (AvgIpc) is 3.11. The minimum atomic E-state index is 0.168. The molecule has 5 nitrogen and oxygen atoms in total. The fourth-order valence-corrected chi connectivity index (χ4v) is 3.93. The van der Waals surface area contributed by atoms with Crippen LogP contribution in [0, 0.1) is 6.92 Å². The molecule has 0 radical (unpaired) electrons. The number of aryl methyl sites for hydroxylation is 2. The molecule has 1 aromatic heterocycles. The van der Waals surface area contributed by atoms with Crippen molar-refractivity contribution in [1.82, 2.24) is 20.2 Å². The van der Waals surface area contributed by atoms with Gasteiger partial charge in [0.05, 0.1) is 16.6 Å². The smallest absolute Gasteiger partial charge is 0.223 e. The van der Waals surface area contributed by atoms with E-state index in [4.69, 9.17) is 11.6 Å². The summed E-state index contributed by atoms with van der Waals surface area (Å²) in [7, 11) is 0. The number of hydrogen-bond donors (Lipinski definition) is 2. The minimum Gasteiger partial charge on any atom is -0.342 e. The lowest BCUT2D eigenvalue weighted by molar-refractivity contribution is -0.132. The summed E-state index contributed by atoms with van der Waals surface area (Å²) in [5, 5.41) is 4.16. The molecule has 6 heteroatoms. The van der Waals surface area contributed by atoms with Crippen LogP contribution in [0.2, 0.25) is 5.02 Å². The maximum absolute atomic E-state index is 12.7. The number of para-hydroxylation sites is 1. The van der Waals surface area contributed by atoms with E-state index in [0.29, 0.717) is 24.4 Å². The number of aromatic amines is 1. The number of nitrogens with one attached hydrogen (secondary N) is 2. The Morgan fingerprint density at radius 3 is 2.93 bits per heavy atom. The lowest BCUT2D eigenvalue weighted by atomic mass is 9.99. The zero-order valence-corrected chi connectivity index (χ0v) is 16.1. The van der Waals surface area contributed by atoms with E-state index in [-0.39, 0.29) is 11.9 Å². The molecule has 1 aliphatic rings. The van der Waals surface area contributed by atoms with E-state index in [1.54, 1.807) is 0 Å². The standard InChI is InChI=1S/C21H23ClN4O/c1-14-5-2-3-6-15(14)18-13-26(12-11-23-18)20(27)10-9-19-24-17-8-4-7-16(22)21(17)25-19/h2-8,18,23H,9-13H2,1H3,(H,24,25). The first-order valence-corrected chi connectivity index (χ1v) is 9.69. The molecule has 1 saturated heterocycles. The molecule has 1 unspecified atom stereocenters. The van der Waals surface area contributed by atoms with Crippen LogP contribution in [0.25, 0.3) is 11.0 Å². The monoisotopic (exact) mass is 382 g/mol. The summed E-state index contributed by atoms with van der Waals surface area (Å²) in [5.41, 5.74) is 4.19. The van der Waals surface area contributed by atoms with Crippen LogP contribution in [0.1, 0.15) is 29.4 Å². The average molecular weight is 383 g/mol. The molecular formula is C21H23ClN4O. The zero-order valence-electron chi connectivity index (χ0n) is 15.3. The number of halogens is 1. The predicted molar refractivity (Wildman–Crippen MR) is 108 cm³/mol. The summed E-state index contributed by atoms with van der Waals surface area (Å²) < 4.78 is 0. The second-order valence-electron chi connectivity index (χ2n) is 7.02. The Kier molecular flexibility index (Phi) is 5.14. The van der Waals surface area contributed by atoms with Crippen molar-refractivity contribution < 1.29 is 4.79 Å². The number of fused-ring (bicyclic) bond motifs is 1. The highest BCUT2D eigenvalue weighted by atomic mass is 35.5. The third-order valence-corrected chi connectivity index (χ3v) is 5.49. The van der Waals surface area contributed by atoms with E-state index < -0.39 is 0 Å². The fraction of sp³-hybridized carbons (Fsp3) is 0.333. The largest absolute Gasteiger partial charge is 0.342 e. The second kappa shape index (κ2) is 7.71. The van der Waals surface area contributed by atoms with Crippen molar-refractivity contribution in [1.29, 1.82) is 0 Å². The number of aromatic nitrogens is 2. The molecule has 1 aliphatic heterocycles. The first-order valence-electron chi connectivity index (χ1n) is 9.31. The van der Waals surface area contributed by atoms with E-state index in [9.17, 15) is 4.79 Å². The summed E-state index contributed by atoms with van der Waals surface area (Å²) in [6.45, 7) is 4.37. The highest BCUT2D eigenvalue weighted by molar-refractivity contribution is 6.34. The number of carbonyl (C=O) groups excluding carboxylic acids is 1. The van der Waals surface area contributed by atoms with Crippen LogP contribution in [-0.4, -0.2) is 40.4 Å². The van der Waals surface area contributed by atoms with Gasteiger partial charge in [0.25, 0.3) is 0 Å². The SMILES string of the molecule is Cc1ccccc1C1CN(C(=O)CCc2nc3c(Cl)cccc3[nH]2)CCN1. The Labute approximate surface area is 163 Å². The molecule has 0 aliphatic carbocycles. The number of rotatable bonds is 4. The van der Waals surface area contributed by atoms with Gasteiger partial charge >= 0.3 is 0 Å². The molecule has 2 N–H and O–H groups in total. The summed E-state index contributed by atoms with van der Waals surface area (Å²) >= 11 is 6.18. The Balaban J connectivity index is 1.40. The van der Waals surface area contributed by atoms with Crippen LogP contribution in [-0.2, 0) is 11.2 Å². The van der Waals surface area contributed by atoms with Crippen LogP contribution in [0.4, 0.5) is 0 Å². The van der Waals surface area contributed by atoms with Crippen LogP contribution < -0.4 is 5.32 Å². The first-order chi connectivity index (χ1) is 13.1. The van der Waals surface area contributed by atoms with E-state index in [1.807, 2.05) is 29.2 Å². The quantitative estimate of drug-likeness (QED) is 0.724. The topological polar surface area (TPSA) is 61.0 Å². The molecule has 1 fully saturated rings. The van der Waals surface area contributed by atoms with E-state index in [2.05, 4.69) is 40.4 Å². The molecule has 2 heterocycles. The Bertz CT molecular complexity index is 968. The molecule has 27 heavy (non-hydrogen) atoms. The Morgan fingerprint density at radius 1 is 1.26 bits per heavy atom. The summed E-state index contributed by atoms with van der Waals surface area (Å²) in [6.07, 6.45) is 1.03. The lowest BCUT2D eigenvalue weighted by Crippen LogP contribution is -2.48. The number of piperazine rings is 1. The van der Waals surface area contributed by atoms with E-state index in [0.717, 1.165) is 29.9 Å². The molecule has 4 rings (SSSR count). The Morgan fingerprint density at radius 2 is 2.11 bits per heavy atom. The fourth-order valence-electron chi connectivity index (χ4n) is 3.71. The van der Waals surface area contributed by atoms with Gasteiger partial charge in [-0.05, 0) is 30.2 Å². The predicted octanol–water partition coefficient (Wildman–Crippen LogP) is 3.63. The number of H-pyrrole nitrogens is 1. The van der Waals surface area contributed by atoms with Gasteiger partial charge in [-0.1, -0.05) is 41.9 Å². The van der Waals surface area contributed by atoms with Gasteiger partial charge in [0.1, 0.15) is 11.3 Å².